The number of carboxylic acid groups (broad SMARTS) is 1. The summed E-state index contributed by atoms with van der Waals surface area (Å²) in [6.07, 6.45) is 4.75. The summed E-state index contributed by atoms with van der Waals surface area (Å²) in [5.41, 5.74) is 11.4. The van der Waals surface area contributed by atoms with E-state index in [2.05, 4.69) is 31.0 Å². The van der Waals surface area contributed by atoms with Crippen LogP contribution in [0.3, 0.4) is 0 Å². The number of fused-ring (bicyclic) bond motifs is 1. The number of nitrogens with zero attached hydrogens (tertiary/aromatic N) is 5. The Labute approximate surface area is 190 Å². The fourth-order valence-corrected chi connectivity index (χ4v) is 3.82. The number of aromatic nitrogens is 5. The van der Waals surface area contributed by atoms with Crippen molar-refractivity contribution in [2.45, 2.75) is 0 Å². The first-order chi connectivity index (χ1) is 15.5. The highest BCUT2D eigenvalue weighted by atomic mass is 79.9. The van der Waals surface area contributed by atoms with Crippen LogP contribution in [0.15, 0.2) is 77.7 Å². The van der Waals surface area contributed by atoms with E-state index < -0.39 is 5.97 Å². The van der Waals surface area contributed by atoms with Crippen molar-refractivity contribution in [3.8, 4) is 33.8 Å². The third kappa shape index (κ3) is 3.38. The van der Waals surface area contributed by atoms with Gasteiger partial charge in [-0.2, -0.15) is 9.61 Å². The molecule has 0 amide bonds. The second kappa shape index (κ2) is 7.86. The van der Waals surface area contributed by atoms with Crippen molar-refractivity contribution in [1.82, 2.24) is 24.6 Å². The van der Waals surface area contributed by atoms with Gasteiger partial charge in [0.15, 0.2) is 5.65 Å². The molecule has 0 aliphatic heterocycles. The van der Waals surface area contributed by atoms with Crippen molar-refractivity contribution < 1.29 is 9.90 Å². The Hall–Kier alpha value is -4.11. The lowest BCUT2D eigenvalue weighted by Gasteiger charge is -2.09. The molecule has 0 radical (unpaired) electrons. The van der Waals surface area contributed by atoms with Crippen LogP contribution >= 0.6 is 15.9 Å². The quantitative estimate of drug-likeness (QED) is 0.381. The third-order valence-corrected chi connectivity index (χ3v) is 5.80. The van der Waals surface area contributed by atoms with Crippen LogP contribution in [0.2, 0.25) is 0 Å². The number of halogens is 1. The van der Waals surface area contributed by atoms with E-state index in [-0.39, 0.29) is 5.56 Å². The number of aromatic carboxylic acids is 1. The summed E-state index contributed by atoms with van der Waals surface area (Å²) in [7, 11) is 0. The van der Waals surface area contributed by atoms with E-state index in [1.165, 1.54) is 12.3 Å². The number of hydrogen-bond donors (Lipinski definition) is 2. The Kier molecular flexibility index (Phi) is 4.87. The smallest absolute Gasteiger partial charge is 0.337 e. The lowest BCUT2D eigenvalue weighted by molar-refractivity contribution is 0.0696. The zero-order valence-electron chi connectivity index (χ0n) is 16.5. The molecule has 9 heteroatoms. The number of benzene rings is 1. The van der Waals surface area contributed by atoms with Crippen molar-refractivity contribution in [3.63, 3.8) is 0 Å². The van der Waals surface area contributed by atoms with Crippen LogP contribution in [-0.4, -0.2) is 35.6 Å². The average Bonchev–Trinajstić information content (AvgIpc) is 3.26. The maximum absolute atomic E-state index is 11.1. The molecule has 0 saturated heterocycles. The number of nitrogens with two attached hydrogens (primary N) is 1. The zero-order chi connectivity index (χ0) is 22.2. The summed E-state index contributed by atoms with van der Waals surface area (Å²) < 4.78 is 2.06. The van der Waals surface area contributed by atoms with Gasteiger partial charge in [0.1, 0.15) is 11.5 Å². The van der Waals surface area contributed by atoms with Gasteiger partial charge in [0.2, 0.25) is 0 Å². The van der Waals surface area contributed by atoms with Crippen molar-refractivity contribution in [2.75, 3.05) is 5.73 Å². The Morgan fingerprint density at radius 2 is 1.66 bits per heavy atom. The highest BCUT2D eigenvalue weighted by molar-refractivity contribution is 9.10. The minimum atomic E-state index is -1.05. The van der Waals surface area contributed by atoms with Gasteiger partial charge in [-0.25, -0.2) is 9.78 Å². The van der Waals surface area contributed by atoms with E-state index in [0.717, 1.165) is 22.4 Å². The van der Waals surface area contributed by atoms with E-state index in [1.807, 2.05) is 42.5 Å². The second-order valence-corrected chi connectivity index (χ2v) is 7.78. The highest BCUT2D eigenvalue weighted by Crippen LogP contribution is 2.34. The molecular formula is C23H15BrN6O2. The normalized spacial score (nSPS) is 11.0. The number of anilines is 1. The first kappa shape index (κ1) is 19.8. The summed E-state index contributed by atoms with van der Waals surface area (Å²) >= 11 is 3.47. The molecule has 4 heterocycles. The third-order valence-electron chi connectivity index (χ3n) is 5.02. The molecule has 156 valence electrons. The van der Waals surface area contributed by atoms with Crippen LogP contribution in [0.25, 0.3) is 39.4 Å². The summed E-state index contributed by atoms with van der Waals surface area (Å²) in [5.74, 6) is -0.690. The zero-order valence-corrected chi connectivity index (χ0v) is 18.1. The van der Waals surface area contributed by atoms with Gasteiger partial charge in [-0.05, 0) is 34.1 Å². The summed E-state index contributed by atoms with van der Waals surface area (Å²) in [4.78, 5) is 24.7. The maximum atomic E-state index is 11.1. The Morgan fingerprint density at radius 1 is 0.906 bits per heavy atom. The van der Waals surface area contributed by atoms with Crippen LogP contribution in [0.4, 0.5) is 5.82 Å². The van der Waals surface area contributed by atoms with E-state index >= 15 is 0 Å². The van der Waals surface area contributed by atoms with Gasteiger partial charge in [0, 0.05) is 29.1 Å². The van der Waals surface area contributed by atoms with E-state index in [9.17, 15) is 4.79 Å². The number of carboxylic acids is 1. The fraction of sp³-hybridized carbons (Fsp3) is 0. The summed E-state index contributed by atoms with van der Waals surface area (Å²) in [6, 6.07) is 16.9. The molecule has 1 aromatic carbocycles. The molecule has 3 N–H and O–H groups in total. The lowest BCUT2D eigenvalue weighted by atomic mass is 10.1. The van der Waals surface area contributed by atoms with E-state index in [1.54, 1.807) is 23.0 Å². The Morgan fingerprint density at radius 3 is 2.31 bits per heavy atom. The van der Waals surface area contributed by atoms with Gasteiger partial charge in [0.05, 0.1) is 27.6 Å². The van der Waals surface area contributed by atoms with Crippen LogP contribution in [-0.2, 0) is 0 Å². The highest BCUT2D eigenvalue weighted by Gasteiger charge is 2.18. The van der Waals surface area contributed by atoms with Gasteiger partial charge in [0.25, 0.3) is 0 Å². The SMILES string of the molecule is Nc1c(Br)c(-c2ccc(C(=O)O)cn2)nc2c(-c3ccc(-c4ccccc4)nc3)cnn12. The Balaban J connectivity index is 1.60. The van der Waals surface area contributed by atoms with Crippen molar-refractivity contribution in [1.29, 1.82) is 0 Å². The maximum Gasteiger partial charge on any atom is 0.337 e. The number of hydrogen-bond acceptors (Lipinski definition) is 6. The predicted molar refractivity (Wildman–Crippen MR) is 124 cm³/mol. The first-order valence-electron chi connectivity index (χ1n) is 9.57. The molecule has 32 heavy (non-hydrogen) atoms. The van der Waals surface area contributed by atoms with Crippen LogP contribution in [0.1, 0.15) is 10.4 Å². The summed E-state index contributed by atoms with van der Waals surface area (Å²) in [5, 5.41) is 13.5. The Bertz CT molecular complexity index is 1450. The molecule has 0 aliphatic rings. The topological polar surface area (TPSA) is 119 Å². The number of nitrogen functional groups attached to an aromatic ring is 1. The molecule has 0 saturated carbocycles. The minimum absolute atomic E-state index is 0.0912. The van der Waals surface area contributed by atoms with Gasteiger partial charge < -0.3 is 10.8 Å². The van der Waals surface area contributed by atoms with Gasteiger partial charge in [-0.3, -0.25) is 9.97 Å². The molecule has 0 unspecified atom stereocenters. The number of rotatable bonds is 4. The largest absolute Gasteiger partial charge is 0.478 e. The fourth-order valence-electron chi connectivity index (χ4n) is 3.36. The molecule has 4 aromatic heterocycles. The van der Waals surface area contributed by atoms with Crippen molar-refractivity contribution >= 4 is 33.4 Å². The van der Waals surface area contributed by atoms with Crippen LogP contribution < -0.4 is 5.73 Å². The van der Waals surface area contributed by atoms with Crippen LogP contribution in [0.5, 0.6) is 0 Å². The minimum Gasteiger partial charge on any atom is -0.478 e. The monoisotopic (exact) mass is 486 g/mol. The molecule has 8 nitrogen and oxygen atoms in total. The molecule has 0 aliphatic carbocycles. The molecule has 5 rings (SSSR count). The molecular weight excluding hydrogens is 472 g/mol. The molecule has 5 aromatic rings. The van der Waals surface area contributed by atoms with Crippen LogP contribution in [0, 0.1) is 0 Å². The molecule has 0 spiro atoms. The van der Waals surface area contributed by atoms with E-state index in [4.69, 9.17) is 15.8 Å². The van der Waals surface area contributed by atoms with Gasteiger partial charge >= 0.3 is 5.97 Å². The van der Waals surface area contributed by atoms with Crippen molar-refractivity contribution in [2.24, 2.45) is 0 Å². The number of carbonyl (C=O) groups is 1. The molecule has 0 fully saturated rings. The average molecular weight is 487 g/mol. The van der Waals surface area contributed by atoms with Gasteiger partial charge in [-0.1, -0.05) is 36.4 Å². The molecule has 0 atom stereocenters. The molecule has 0 bridgehead atoms. The first-order valence-corrected chi connectivity index (χ1v) is 10.4. The second-order valence-electron chi connectivity index (χ2n) is 6.99. The predicted octanol–water partition coefficient (Wildman–Crippen LogP) is 4.56. The standard InChI is InChI=1S/C23H15BrN6O2/c24-19-20(18-9-7-15(11-27-18)23(31)32)29-22-16(12-28-30(22)21(19)25)14-6-8-17(26-10-14)13-4-2-1-3-5-13/h1-12H,25H2,(H,31,32). The van der Waals surface area contributed by atoms with Gasteiger partial charge in [-0.15, -0.1) is 0 Å². The van der Waals surface area contributed by atoms with Crippen molar-refractivity contribution in [3.05, 3.63) is 83.2 Å². The number of pyridine rings is 2. The summed E-state index contributed by atoms with van der Waals surface area (Å²) in [6.45, 7) is 0. The lowest BCUT2D eigenvalue weighted by Crippen LogP contribution is -2.05. The van der Waals surface area contributed by atoms with E-state index in [0.29, 0.717) is 27.3 Å².